The summed E-state index contributed by atoms with van der Waals surface area (Å²) in [5.41, 5.74) is 1.97. The third-order valence-electron chi connectivity index (χ3n) is 4.77. The van der Waals surface area contributed by atoms with E-state index < -0.39 is 17.8 Å². The Hall–Kier alpha value is -4.26. The molecule has 0 saturated heterocycles. The minimum absolute atomic E-state index is 0.164. The van der Waals surface area contributed by atoms with Crippen LogP contribution in [0.5, 0.6) is 5.75 Å². The molecule has 0 spiro atoms. The van der Waals surface area contributed by atoms with Crippen molar-refractivity contribution in [2.75, 3.05) is 5.32 Å². The van der Waals surface area contributed by atoms with Crippen LogP contribution in [0.1, 0.15) is 43.6 Å². The number of amides is 3. The van der Waals surface area contributed by atoms with E-state index in [1.807, 2.05) is 30.3 Å². The summed E-state index contributed by atoms with van der Waals surface area (Å²) in [4.78, 5) is 50.4. The van der Waals surface area contributed by atoms with E-state index in [9.17, 15) is 19.2 Å². The molecular formula is C24H18N2O5. The minimum atomic E-state index is -0.467. The van der Waals surface area contributed by atoms with E-state index in [4.69, 9.17) is 4.74 Å². The lowest BCUT2D eigenvalue weighted by atomic mass is 10.1. The average Bonchev–Trinajstić information content (AvgIpc) is 2.98. The molecule has 0 bridgehead atoms. The van der Waals surface area contributed by atoms with Crippen LogP contribution < -0.4 is 10.1 Å². The zero-order valence-corrected chi connectivity index (χ0v) is 16.6. The molecule has 0 saturated carbocycles. The fraction of sp³-hybridized carbons (Fsp3) is 0.0833. The smallest absolute Gasteiger partial charge is 0.308 e. The van der Waals surface area contributed by atoms with Gasteiger partial charge in [-0.15, -0.1) is 0 Å². The maximum atomic E-state index is 12.8. The van der Waals surface area contributed by atoms with Gasteiger partial charge >= 0.3 is 5.97 Å². The Morgan fingerprint density at radius 2 is 1.61 bits per heavy atom. The minimum Gasteiger partial charge on any atom is -0.427 e. The molecule has 3 aromatic rings. The van der Waals surface area contributed by atoms with Crippen molar-refractivity contribution in [1.82, 2.24) is 4.90 Å². The van der Waals surface area contributed by atoms with Crippen molar-refractivity contribution >= 4 is 29.4 Å². The number of carbonyl (C=O) groups excluding carboxylic acids is 4. The van der Waals surface area contributed by atoms with E-state index in [1.54, 1.807) is 18.2 Å². The summed E-state index contributed by atoms with van der Waals surface area (Å²) in [6, 6.07) is 20.0. The molecule has 154 valence electrons. The Kier molecular flexibility index (Phi) is 5.32. The number of benzene rings is 3. The largest absolute Gasteiger partial charge is 0.427 e. The first kappa shape index (κ1) is 20.0. The summed E-state index contributed by atoms with van der Waals surface area (Å²) < 4.78 is 5.01. The third kappa shape index (κ3) is 4.20. The Morgan fingerprint density at radius 1 is 0.871 bits per heavy atom. The summed E-state index contributed by atoms with van der Waals surface area (Å²) in [6.45, 7) is 1.45. The Morgan fingerprint density at radius 3 is 2.35 bits per heavy atom. The number of carbonyl (C=O) groups is 4. The maximum absolute atomic E-state index is 12.8. The van der Waals surface area contributed by atoms with Crippen LogP contribution in [0.25, 0.3) is 0 Å². The van der Waals surface area contributed by atoms with Gasteiger partial charge in [-0.2, -0.15) is 0 Å². The number of anilines is 1. The summed E-state index contributed by atoms with van der Waals surface area (Å²) in [7, 11) is 0. The molecule has 3 aromatic carbocycles. The first-order valence-corrected chi connectivity index (χ1v) is 9.56. The summed E-state index contributed by atoms with van der Waals surface area (Å²) in [6.07, 6.45) is 0. The van der Waals surface area contributed by atoms with E-state index >= 15 is 0 Å². The van der Waals surface area contributed by atoms with Crippen molar-refractivity contribution in [3.8, 4) is 5.75 Å². The lowest BCUT2D eigenvalue weighted by molar-refractivity contribution is -0.131. The normalized spacial score (nSPS) is 12.5. The van der Waals surface area contributed by atoms with E-state index in [0.29, 0.717) is 11.4 Å². The Balaban J connectivity index is 1.53. The van der Waals surface area contributed by atoms with Crippen LogP contribution in [0.2, 0.25) is 0 Å². The van der Waals surface area contributed by atoms with Crippen LogP contribution >= 0.6 is 0 Å². The number of hydrogen-bond acceptors (Lipinski definition) is 5. The summed E-state index contributed by atoms with van der Waals surface area (Å²) in [5, 5.41) is 2.70. The van der Waals surface area contributed by atoms with Crippen molar-refractivity contribution in [1.29, 1.82) is 0 Å². The van der Waals surface area contributed by atoms with Gasteiger partial charge in [-0.25, -0.2) is 0 Å². The zero-order valence-electron chi connectivity index (χ0n) is 16.6. The Labute approximate surface area is 178 Å². The first-order chi connectivity index (χ1) is 14.9. The van der Waals surface area contributed by atoms with Gasteiger partial charge in [0.25, 0.3) is 17.7 Å². The molecule has 0 aliphatic carbocycles. The quantitative estimate of drug-likeness (QED) is 0.391. The van der Waals surface area contributed by atoms with E-state index in [0.717, 1.165) is 5.56 Å². The van der Waals surface area contributed by atoms with Crippen LogP contribution in [0.3, 0.4) is 0 Å². The summed E-state index contributed by atoms with van der Waals surface area (Å²) in [5.74, 6) is -1.44. The molecule has 31 heavy (non-hydrogen) atoms. The molecule has 0 unspecified atom stereocenters. The standard InChI is InChI=1S/C24H18N2O5/c1-15(27)31-19-9-5-8-18(13-19)25-22(28)17-10-11-20-21(12-17)24(30)26(23(20)29)14-16-6-3-2-4-7-16/h2-13H,14H2,1H3,(H,25,28). The van der Waals surface area contributed by atoms with Crippen LogP contribution in [0.4, 0.5) is 5.69 Å². The molecule has 1 N–H and O–H groups in total. The predicted octanol–water partition coefficient (Wildman–Crippen LogP) is 3.66. The number of nitrogens with one attached hydrogen (secondary N) is 1. The topological polar surface area (TPSA) is 92.8 Å². The lowest BCUT2D eigenvalue weighted by Crippen LogP contribution is -2.29. The second-order valence-electron chi connectivity index (χ2n) is 7.02. The van der Waals surface area contributed by atoms with Crippen LogP contribution in [-0.4, -0.2) is 28.6 Å². The molecule has 0 fully saturated rings. The number of fused-ring (bicyclic) bond motifs is 1. The molecule has 4 rings (SSSR count). The van der Waals surface area contributed by atoms with Crippen molar-refractivity contribution < 1.29 is 23.9 Å². The molecule has 0 aromatic heterocycles. The van der Waals surface area contributed by atoms with Gasteiger partial charge in [0.15, 0.2) is 0 Å². The van der Waals surface area contributed by atoms with Crippen molar-refractivity contribution in [3.63, 3.8) is 0 Å². The fourth-order valence-corrected chi connectivity index (χ4v) is 3.35. The fourth-order valence-electron chi connectivity index (χ4n) is 3.35. The van der Waals surface area contributed by atoms with Gasteiger partial charge < -0.3 is 10.1 Å². The van der Waals surface area contributed by atoms with E-state index in [1.165, 1.54) is 36.1 Å². The predicted molar refractivity (Wildman–Crippen MR) is 113 cm³/mol. The molecule has 1 heterocycles. The lowest BCUT2D eigenvalue weighted by Gasteiger charge is -2.13. The highest BCUT2D eigenvalue weighted by Crippen LogP contribution is 2.26. The zero-order chi connectivity index (χ0) is 22.0. The van der Waals surface area contributed by atoms with Crippen molar-refractivity contribution in [3.05, 3.63) is 95.1 Å². The van der Waals surface area contributed by atoms with E-state index in [-0.39, 0.29) is 29.1 Å². The van der Waals surface area contributed by atoms with Gasteiger partial charge in [-0.1, -0.05) is 36.4 Å². The molecular weight excluding hydrogens is 396 g/mol. The molecule has 3 amide bonds. The highest BCUT2D eigenvalue weighted by Gasteiger charge is 2.36. The number of esters is 1. The number of hydrogen-bond donors (Lipinski definition) is 1. The SMILES string of the molecule is CC(=O)Oc1cccc(NC(=O)c2ccc3c(c2)C(=O)N(Cc2ccccc2)C3=O)c1. The van der Waals surface area contributed by atoms with Gasteiger partial charge in [0.2, 0.25) is 0 Å². The molecule has 7 nitrogen and oxygen atoms in total. The second kappa shape index (κ2) is 8.23. The maximum Gasteiger partial charge on any atom is 0.308 e. The second-order valence-corrected chi connectivity index (χ2v) is 7.02. The highest BCUT2D eigenvalue weighted by atomic mass is 16.5. The number of ether oxygens (including phenoxy) is 1. The third-order valence-corrected chi connectivity index (χ3v) is 4.77. The number of imide groups is 1. The van der Waals surface area contributed by atoms with Gasteiger partial charge in [0.1, 0.15) is 5.75 Å². The van der Waals surface area contributed by atoms with Crippen LogP contribution in [0, 0.1) is 0 Å². The van der Waals surface area contributed by atoms with Crippen molar-refractivity contribution in [2.45, 2.75) is 13.5 Å². The highest BCUT2D eigenvalue weighted by molar-refractivity contribution is 6.22. The monoisotopic (exact) mass is 414 g/mol. The van der Waals surface area contributed by atoms with Gasteiger partial charge in [0.05, 0.1) is 17.7 Å². The molecule has 1 aliphatic rings. The van der Waals surface area contributed by atoms with E-state index in [2.05, 4.69) is 5.32 Å². The molecule has 7 heteroatoms. The van der Waals surface area contributed by atoms with Gasteiger partial charge in [0, 0.05) is 24.2 Å². The summed E-state index contributed by atoms with van der Waals surface area (Å²) >= 11 is 0. The molecule has 0 atom stereocenters. The van der Waals surface area contributed by atoms with Gasteiger partial charge in [-0.3, -0.25) is 24.1 Å². The van der Waals surface area contributed by atoms with Gasteiger partial charge in [-0.05, 0) is 35.9 Å². The first-order valence-electron chi connectivity index (χ1n) is 9.56. The van der Waals surface area contributed by atoms with Crippen LogP contribution in [0.15, 0.2) is 72.8 Å². The number of rotatable bonds is 5. The average molecular weight is 414 g/mol. The molecule has 0 radical (unpaired) electrons. The molecule has 1 aliphatic heterocycles. The number of nitrogens with zero attached hydrogens (tertiary/aromatic N) is 1. The van der Waals surface area contributed by atoms with Crippen molar-refractivity contribution in [2.24, 2.45) is 0 Å². The Bertz CT molecular complexity index is 1200. The van der Waals surface area contributed by atoms with Crippen LogP contribution in [-0.2, 0) is 11.3 Å².